The van der Waals surface area contributed by atoms with Crippen LogP contribution in [-0.2, 0) is 11.2 Å². The van der Waals surface area contributed by atoms with Crippen LogP contribution in [0.3, 0.4) is 0 Å². The largest absolute Gasteiger partial charge is 0.375 e. The van der Waals surface area contributed by atoms with Crippen molar-refractivity contribution in [2.24, 2.45) is 0 Å². The maximum Gasteiger partial charge on any atom is 0.257 e. The fourth-order valence-corrected chi connectivity index (χ4v) is 2.97. The van der Waals surface area contributed by atoms with Crippen molar-refractivity contribution in [2.45, 2.75) is 33.3 Å². The molecule has 1 aliphatic rings. The summed E-state index contributed by atoms with van der Waals surface area (Å²) >= 11 is 0. The highest BCUT2D eigenvalue weighted by atomic mass is 16.5. The molecule has 0 radical (unpaired) electrons. The van der Waals surface area contributed by atoms with Crippen molar-refractivity contribution in [2.75, 3.05) is 19.7 Å². The average Bonchev–Trinajstić information content (AvgIpc) is 2.98. The van der Waals surface area contributed by atoms with Crippen LogP contribution >= 0.6 is 0 Å². The number of morpholine rings is 1. The predicted octanol–water partition coefficient (Wildman–Crippen LogP) is 2.60. The van der Waals surface area contributed by atoms with Gasteiger partial charge in [-0.25, -0.2) is 4.68 Å². The second-order valence-electron chi connectivity index (χ2n) is 6.04. The molecule has 3 rings (SSSR count). The van der Waals surface area contributed by atoms with Gasteiger partial charge in [-0.15, -0.1) is 0 Å². The van der Waals surface area contributed by atoms with Crippen LogP contribution in [0.25, 0.3) is 5.69 Å². The number of nitrogens with zero attached hydrogens (tertiary/aromatic N) is 3. The Balaban J connectivity index is 1.91. The SMILES string of the molecule is CCc1c(C(=O)N2CCOC(C)C2)cnn1-c1ccc(C)cc1. The number of amides is 1. The zero-order chi connectivity index (χ0) is 16.4. The normalized spacial score (nSPS) is 18.2. The topological polar surface area (TPSA) is 47.4 Å². The molecule has 1 unspecified atom stereocenters. The number of aromatic nitrogens is 2. The van der Waals surface area contributed by atoms with Gasteiger partial charge in [0.25, 0.3) is 5.91 Å². The van der Waals surface area contributed by atoms with Gasteiger partial charge in [-0.05, 0) is 32.4 Å². The zero-order valence-corrected chi connectivity index (χ0v) is 14.0. The maximum absolute atomic E-state index is 12.8. The van der Waals surface area contributed by atoms with E-state index in [4.69, 9.17) is 4.74 Å². The smallest absolute Gasteiger partial charge is 0.257 e. The van der Waals surface area contributed by atoms with Gasteiger partial charge in [-0.1, -0.05) is 24.6 Å². The number of benzene rings is 1. The molecule has 5 nitrogen and oxygen atoms in total. The molecule has 122 valence electrons. The summed E-state index contributed by atoms with van der Waals surface area (Å²) in [6, 6.07) is 8.18. The Bertz CT molecular complexity index is 691. The number of hydrogen-bond acceptors (Lipinski definition) is 3. The number of ether oxygens (including phenoxy) is 1. The highest BCUT2D eigenvalue weighted by molar-refractivity contribution is 5.95. The molecule has 2 heterocycles. The zero-order valence-electron chi connectivity index (χ0n) is 14.0. The molecule has 1 amide bonds. The van der Waals surface area contributed by atoms with E-state index in [0.29, 0.717) is 25.3 Å². The first-order valence-corrected chi connectivity index (χ1v) is 8.15. The van der Waals surface area contributed by atoms with Crippen LogP contribution in [-0.4, -0.2) is 46.4 Å². The molecule has 0 N–H and O–H groups in total. The number of carbonyl (C=O) groups excluding carboxylic acids is 1. The maximum atomic E-state index is 12.8. The van der Waals surface area contributed by atoms with E-state index in [0.717, 1.165) is 17.8 Å². The molecule has 23 heavy (non-hydrogen) atoms. The van der Waals surface area contributed by atoms with E-state index in [2.05, 4.69) is 31.1 Å². The lowest BCUT2D eigenvalue weighted by molar-refractivity contribution is -0.0124. The molecule has 1 aromatic heterocycles. The van der Waals surface area contributed by atoms with Crippen molar-refractivity contribution in [1.29, 1.82) is 0 Å². The second-order valence-corrected chi connectivity index (χ2v) is 6.04. The first-order chi connectivity index (χ1) is 11.1. The van der Waals surface area contributed by atoms with Crippen molar-refractivity contribution < 1.29 is 9.53 Å². The molecule has 5 heteroatoms. The molecule has 2 aromatic rings. The number of aryl methyl sites for hydroxylation is 1. The van der Waals surface area contributed by atoms with Crippen LogP contribution in [0.5, 0.6) is 0 Å². The van der Waals surface area contributed by atoms with E-state index in [1.807, 2.05) is 28.6 Å². The minimum Gasteiger partial charge on any atom is -0.375 e. The second kappa shape index (κ2) is 6.54. The van der Waals surface area contributed by atoms with Crippen LogP contribution in [0.4, 0.5) is 0 Å². The van der Waals surface area contributed by atoms with E-state index in [9.17, 15) is 4.79 Å². The summed E-state index contributed by atoms with van der Waals surface area (Å²) in [6.07, 6.45) is 2.54. The minimum absolute atomic E-state index is 0.0513. The molecular weight excluding hydrogens is 290 g/mol. The van der Waals surface area contributed by atoms with E-state index < -0.39 is 0 Å². The van der Waals surface area contributed by atoms with Crippen LogP contribution < -0.4 is 0 Å². The minimum atomic E-state index is 0.0513. The molecule has 1 aromatic carbocycles. The van der Waals surface area contributed by atoms with E-state index in [-0.39, 0.29) is 12.0 Å². The number of hydrogen-bond donors (Lipinski definition) is 0. The van der Waals surface area contributed by atoms with Gasteiger partial charge in [0.1, 0.15) is 0 Å². The fraction of sp³-hybridized carbons (Fsp3) is 0.444. The predicted molar refractivity (Wildman–Crippen MR) is 89.0 cm³/mol. The van der Waals surface area contributed by atoms with Crippen LogP contribution in [0.15, 0.2) is 30.5 Å². The Morgan fingerprint density at radius 1 is 1.35 bits per heavy atom. The first kappa shape index (κ1) is 15.7. The summed E-state index contributed by atoms with van der Waals surface area (Å²) in [5.74, 6) is 0.0513. The van der Waals surface area contributed by atoms with Gasteiger partial charge >= 0.3 is 0 Å². The van der Waals surface area contributed by atoms with Crippen molar-refractivity contribution in [1.82, 2.24) is 14.7 Å². The van der Waals surface area contributed by atoms with Gasteiger partial charge in [0, 0.05) is 13.1 Å². The molecule has 1 atom stereocenters. The summed E-state index contributed by atoms with van der Waals surface area (Å²) < 4.78 is 7.39. The van der Waals surface area contributed by atoms with Crippen LogP contribution in [0, 0.1) is 6.92 Å². The molecular formula is C18H23N3O2. The van der Waals surface area contributed by atoms with E-state index in [1.54, 1.807) is 6.20 Å². The monoisotopic (exact) mass is 313 g/mol. The van der Waals surface area contributed by atoms with Gasteiger partial charge in [0.15, 0.2) is 0 Å². The summed E-state index contributed by atoms with van der Waals surface area (Å²) in [4.78, 5) is 14.7. The summed E-state index contributed by atoms with van der Waals surface area (Å²) in [6.45, 7) is 7.98. The molecule has 1 aliphatic heterocycles. The standard InChI is InChI=1S/C18H23N3O2/c1-4-17-16(18(22)20-9-10-23-14(3)12-20)11-19-21(17)15-7-5-13(2)6-8-15/h5-8,11,14H,4,9-10,12H2,1-3H3. The molecule has 0 bridgehead atoms. The van der Waals surface area contributed by atoms with Gasteiger partial charge in [0.05, 0.1) is 35.9 Å². The fourth-order valence-electron chi connectivity index (χ4n) is 2.97. The summed E-state index contributed by atoms with van der Waals surface area (Å²) in [5, 5.41) is 4.46. The van der Waals surface area contributed by atoms with Gasteiger partial charge in [-0.2, -0.15) is 5.10 Å². The third-order valence-corrected chi connectivity index (χ3v) is 4.24. The summed E-state index contributed by atoms with van der Waals surface area (Å²) in [7, 11) is 0. The third-order valence-electron chi connectivity index (χ3n) is 4.24. The summed E-state index contributed by atoms with van der Waals surface area (Å²) in [5.41, 5.74) is 3.85. The number of rotatable bonds is 3. The van der Waals surface area contributed by atoms with E-state index in [1.165, 1.54) is 5.56 Å². The number of carbonyl (C=O) groups is 1. The van der Waals surface area contributed by atoms with Gasteiger partial charge in [0.2, 0.25) is 0 Å². The van der Waals surface area contributed by atoms with Crippen molar-refractivity contribution in [3.63, 3.8) is 0 Å². The highest BCUT2D eigenvalue weighted by Gasteiger charge is 2.26. The molecule has 0 saturated carbocycles. The lowest BCUT2D eigenvalue weighted by Crippen LogP contribution is -2.44. The Morgan fingerprint density at radius 2 is 2.09 bits per heavy atom. The lowest BCUT2D eigenvalue weighted by Gasteiger charge is -2.31. The Morgan fingerprint density at radius 3 is 2.74 bits per heavy atom. The highest BCUT2D eigenvalue weighted by Crippen LogP contribution is 2.19. The van der Waals surface area contributed by atoms with E-state index >= 15 is 0 Å². The lowest BCUT2D eigenvalue weighted by atomic mass is 10.1. The van der Waals surface area contributed by atoms with Crippen LogP contribution in [0.2, 0.25) is 0 Å². The van der Waals surface area contributed by atoms with Gasteiger partial charge < -0.3 is 9.64 Å². The van der Waals surface area contributed by atoms with Crippen molar-refractivity contribution in [3.8, 4) is 5.69 Å². The molecule has 1 saturated heterocycles. The van der Waals surface area contributed by atoms with Crippen molar-refractivity contribution >= 4 is 5.91 Å². The van der Waals surface area contributed by atoms with Crippen LogP contribution in [0.1, 0.15) is 35.5 Å². The Labute approximate surface area is 136 Å². The average molecular weight is 313 g/mol. The Hall–Kier alpha value is -2.14. The molecule has 0 spiro atoms. The molecule has 0 aliphatic carbocycles. The quantitative estimate of drug-likeness (QED) is 0.875. The van der Waals surface area contributed by atoms with Gasteiger partial charge in [-0.3, -0.25) is 4.79 Å². The third kappa shape index (κ3) is 3.15. The Kier molecular flexibility index (Phi) is 4.48. The first-order valence-electron chi connectivity index (χ1n) is 8.15. The van der Waals surface area contributed by atoms with Crippen molar-refractivity contribution in [3.05, 3.63) is 47.3 Å². The molecule has 1 fully saturated rings.